The van der Waals surface area contributed by atoms with Crippen LogP contribution in [0.4, 0.5) is 0 Å². The summed E-state index contributed by atoms with van der Waals surface area (Å²) in [7, 11) is 0. The average molecular weight is 280 g/mol. The van der Waals surface area contributed by atoms with E-state index >= 15 is 0 Å². The first-order valence-corrected chi connectivity index (χ1v) is 7.77. The van der Waals surface area contributed by atoms with Gasteiger partial charge in [-0.05, 0) is 48.2 Å². The van der Waals surface area contributed by atoms with E-state index < -0.39 is 0 Å². The molecule has 0 amide bonds. The van der Waals surface area contributed by atoms with Crippen LogP contribution in [0.25, 0.3) is 11.1 Å². The predicted molar refractivity (Wildman–Crippen MR) is 86.3 cm³/mol. The molecule has 0 aromatic heterocycles. The van der Waals surface area contributed by atoms with Gasteiger partial charge in [-0.1, -0.05) is 42.5 Å². The Balaban J connectivity index is 1.56. The minimum absolute atomic E-state index is 0.889. The molecule has 0 spiro atoms. The highest BCUT2D eigenvalue weighted by Gasteiger charge is 2.09. The smallest absolute Gasteiger partial charge is 0.0594 e. The second-order valence-electron chi connectivity index (χ2n) is 5.55. The molecule has 1 fully saturated rings. The van der Waals surface area contributed by atoms with Crippen molar-refractivity contribution in [1.29, 1.82) is 0 Å². The minimum Gasteiger partial charge on any atom is -0.379 e. The van der Waals surface area contributed by atoms with E-state index in [0.717, 1.165) is 32.7 Å². The molecule has 3 rings (SSSR count). The number of nitrogens with zero attached hydrogens (tertiary/aromatic N) is 1. The number of benzene rings is 2. The van der Waals surface area contributed by atoms with Gasteiger partial charge in [0.05, 0.1) is 13.2 Å². The monoisotopic (exact) mass is 280 g/mol. The van der Waals surface area contributed by atoms with E-state index in [0.29, 0.717) is 0 Å². The lowest BCUT2D eigenvalue weighted by atomic mass is 10.0. The maximum Gasteiger partial charge on any atom is 0.0594 e. The Hall–Kier alpha value is -1.64. The van der Waals surface area contributed by atoms with E-state index in [4.69, 9.17) is 4.74 Å². The van der Waals surface area contributed by atoms with E-state index in [1.54, 1.807) is 0 Å². The molecule has 1 radical (unpaired) electrons. The van der Waals surface area contributed by atoms with Crippen molar-refractivity contribution in [2.75, 3.05) is 32.8 Å². The second-order valence-corrected chi connectivity index (χ2v) is 5.55. The Morgan fingerprint density at radius 2 is 1.90 bits per heavy atom. The van der Waals surface area contributed by atoms with Gasteiger partial charge >= 0.3 is 0 Å². The summed E-state index contributed by atoms with van der Waals surface area (Å²) in [5.74, 6) is 0. The summed E-state index contributed by atoms with van der Waals surface area (Å²) in [6, 6.07) is 20.2. The van der Waals surface area contributed by atoms with E-state index in [2.05, 4.69) is 41.3 Å². The molecule has 0 bridgehead atoms. The van der Waals surface area contributed by atoms with Crippen LogP contribution < -0.4 is 0 Å². The fraction of sp³-hybridized carbons (Fsp3) is 0.368. The summed E-state index contributed by atoms with van der Waals surface area (Å²) in [5, 5.41) is 0. The first kappa shape index (κ1) is 14.3. The molecule has 0 unspecified atom stereocenters. The van der Waals surface area contributed by atoms with Gasteiger partial charge in [-0.25, -0.2) is 0 Å². The zero-order chi connectivity index (χ0) is 14.3. The number of ether oxygens (including phenoxy) is 1. The summed E-state index contributed by atoms with van der Waals surface area (Å²) < 4.78 is 5.38. The third-order valence-electron chi connectivity index (χ3n) is 4.01. The number of hydrogen-bond donors (Lipinski definition) is 0. The third-order valence-corrected chi connectivity index (χ3v) is 4.01. The summed E-state index contributed by atoms with van der Waals surface area (Å²) >= 11 is 0. The summed E-state index contributed by atoms with van der Waals surface area (Å²) in [4.78, 5) is 2.50. The average Bonchev–Trinajstić information content (AvgIpc) is 2.57. The normalized spacial score (nSPS) is 16.0. The molecule has 0 atom stereocenters. The lowest BCUT2D eigenvalue weighted by Crippen LogP contribution is -2.36. The molecule has 1 heterocycles. The van der Waals surface area contributed by atoms with Crippen LogP contribution in [-0.2, 0) is 11.2 Å². The van der Waals surface area contributed by atoms with Crippen LogP contribution in [0.3, 0.4) is 0 Å². The van der Waals surface area contributed by atoms with Crippen LogP contribution in [-0.4, -0.2) is 37.7 Å². The number of hydrogen-bond acceptors (Lipinski definition) is 2. The number of morpholine rings is 1. The Morgan fingerprint density at radius 1 is 1.05 bits per heavy atom. The first-order valence-electron chi connectivity index (χ1n) is 7.77. The second kappa shape index (κ2) is 7.39. The zero-order valence-corrected chi connectivity index (χ0v) is 12.4. The van der Waals surface area contributed by atoms with Gasteiger partial charge in [0, 0.05) is 13.1 Å². The number of rotatable bonds is 5. The Bertz CT molecular complexity index is 547. The molecule has 2 nitrogen and oxygen atoms in total. The van der Waals surface area contributed by atoms with Crippen LogP contribution >= 0.6 is 0 Å². The highest BCUT2D eigenvalue weighted by Crippen LogP contribution is 2.20. The van der Waals surface area contributed by atoms with Gasteiger partial charge in [-0.3, -0.25) is 4.90 Å². The van der Waals surface area contributed by atoms with Gasteiger partial charge in [-0.2, -0.15) is 0 Å². The third kappa shape index (κ3) is 4.16. The topological polar surface area (TPSA) is 12.5 Å². The summed E-state index contributed by atoms with van der Waals surface area (Å²) in [6.45, 7) is 5.12. The minimum atomic E-state index is 0.889. The molecule has 0 saturated carbocycles. The van der Waals surface area contributed by atoms with Crippen molar-refractivity contribution in [3.05, 3.63) is 60.2 Å². The highest BCUT2D eigenvalue weighted by molar-refractivity contribution is 5.63. The Kier molecular flexibility index (Phi) is 5.03. The zero-order valence-electron chi connectivity index (χ0n) is 12.4. The van der Waals surface area contributed by atoms with Crippen molar-refractivity contribution < 1.29 is 4.74 Å². The van der Waals surface area contributed by atoms with Gasteiger partial charge < -0.3 is 4.74 Å². The fourth-order valence-corrected chi connectivity index (χ4v) is 2.81. The maximum atomic E-state index is 5.38. The predicted octanol–water partition coefficient (Wildman–Crippen LogP) is 3.42. The summed E-state index contributed by atoms with van der Waals surface area (Å²) in [5.41, 5.74) is 3.95. The van der Waals surface area contributed by atoms with Gasteiger partial charge in [-0.15, -0.1) is 0 Å². The highest BCUT2D eigenvalue weighted by atomic mass is 16.5. The molecule has 1 aliphatic rings. The molecule has 0 aliphatic carbocycles. The molecule has 1 aliphatic heterocycles. The van der Waals surface area contributed by atoms with Crippen LogP contribution in [0.1, 0.15) is 12.0 Å². The van der Waals surface area contributed by atoms with Crippen molar-refractivity contribution >= 4 is 0 Å². The van der Waals surface area contributed by atoms with E-state index in [1.165, 1.54) is 29.7 Å². The molecule has 2 heteroatoms. The van der Waals surface area contributed by atoms with E-state index in [-0.39, 0.29) is 0 Å². The Labute approximate surface area is 127 Å². The van der Waals surface area contributed by atoms with Crippen molar-refractivity contribution in [3.63, 3.8) is 0 Å². The molecule has 2 aromatic rings. The van der Waals surface area contributed by atoms with Gasteiger partial charge in [0.1, 0.15) is 0 Å². The molecule has 0 N–H and O–H groups in total. The standard InChI is InChI=1S/C19H22NO/c1-2-8-18(9-3-1)19-10-4-6-17(16-19)7-5-11-20-12-14-21-15-13-20/h1-2,4,6,8-10,16H,5,7,11-15H2. The molecule has 109 valence electrons. The van der Waals surface area contributed by atoms with Gasteiger partial charge in [0.15, 0.2) is 0 Å². The van der Waals surface area contributed by atoms with E-state index in [1.807, 2.05) is 18.2 Å². The maximum absolute atomic E-state index is 5.38. The quantitative estimate of drug-likeness (QED) is 0.832. The number of aryl methyl sites for hydroxylation is 1. The molecular weight excluding hydrogens is 258 g/mol. The summed E-state index contributed by atoms with van der Waals surface area (Å²) in [6.07, 6.45) is 2.35. The van der Waals surface area contributed by atoms with Crippen molar-refractivity contribution in [1.82, 2.24) is 4.90 Å². The van der Waals surface area contributed by atoms with Gasteiger partial charge in [0.2, 0.25) is 0 Å². The lowest BCUT2D eigenvalue weighted by Gasteiger charge is -2.26. The van der Waals surface area contributed by atoms with Gasteiger partial charge in [0.25, 0.3) is 0 Å². The van der Waals surface area contributed by atoms with Crippen LogP contribution in [0.15, 0.2) is 48.5 Å². The Morgan fingerprint density at radius 3 is 2.71 bits per heavy atom. The molecule has 21 heavy (non-hydrogen) atoms. The largest absolute Gasteiger partial charge is 0.379 e. The van der Waals surface area contributed by atoms with Crippen molar-refractivity contribution in [3.8, 4) is 11.1 Å². The van der Waals surface area contributed by atoms with Crippen LogP contribution in [0.2, 0.25) is 0 Å². The first-order chi connectivity index (χ1) is 10.4. The van der Waals surface area contributed by atoms with Crippen molar-refractivity contribution in [2.45, 2.75) is 12.8 Å². The SMILES string of the molecule is [c]1cccc(-c2cccc(CCCN3CCOCC3)c2)c1. The molecule has 1 saturated heterocycles. The molecular formula is C19H22NO. The van der Waals surface area contributed by atoms with E-state index in [9.17, 15) is 0 Å². The van der Waals surface area contributed by atoms with Crippen LogP contribution in [0.5, 0.6) is 0 Å². The van der Waals surface area contributed by atoms with Crippen molar-refractivity contribution in [2.24, 2.45) is 0 Å². The molecule has 2 aromatic carbocycles. The van der Waals surface area contributed by atoms with Crippen LogP contribution in [0, 0.1) is 6.07 Å². The fourth-order valence-electron chi connectivity index (χ4n) is 2.81. The lowest BCUT2D eigenvalue weighted by molar-refractivity contribution is 0.0375.